The fraction of sp³-hybridized carbons (Fsp3) is 0.971. The molecule has 0 aromatic carbocycles. The lowest BCUT2D eigenvalue weighted by Gasteiger charge is -2.27. The minimum absolute atomic E-state index is 0.210. The van der Waals surface area contributed by atoms with Crippen molar-refractivity contribution < 1.29 is 30.0 Å². The van der Waals surface area contributed by atoms with Crippen LogP contribution in [0.4, 0.5) is 0 Å². The Hall–Kier alpha value is -0.200. The van der Waals surface area contributed by atoms with Crippen molar-refractivity contribution in [3.05, 3.63) is 0 Å². The van der Waals surface area contributed by atoms with Crippen LogP contribution in [-0.2, 0) is 9.59 Å². The molecule has 0 aliphatic carbocycles. The number of aliphatic hydroxyl groups is 4. The third kappa shape index (κ3) is 59.0. The van der Waals surface area contributed by atoms with Gasteiger partial charge in [-0.2, -0.15) is 0 Å². The Morgan fingerprint density at radius 2 is 0.474 bits per heavy atom. The summed E-state index contributed by atoms with van der Waals surface area (Å²) in [6.07, 6.45) is 57.1. The molecule has 0 fully saturated rings. The average Bonchev–Trinajstić information content (AvgIpc) is 3.41. The largest absolute Gasteiger partial charge is 0.392 e. The van der Waals surface area contributed by atoms with E-state index in [-0.39, 0.29) is 10.2 Å². The zero-order chi connectivity index (χ0) is 57.0. The lowest BCUT2D eigenvalue weighted by molar-refractivity contribution is -0.111. The Morgan fingerprint density at radius 1 is 0.282 bits per heavy atom. The minimum Gasteiger partial charge on any atom is -0.392 e. The number of rotatable bonds is 65. The number of unbranched alkanes of at least 4 members (excludes halogenated alkanes) is 37. The van der Waals surface area contributed by atoms with Crippen LogP contribution in [0.25, 0.3) is 0 Å². The van der Waals surface area contributed by atoms with Crippen LogP contribution in [0.15, 0.2) is 0 Å². The molecule has 4 N–H and O–H groups in total. The van der Waals surface area contributed by atoms with Gasteiger partial charge in [-0.1, -0.05) is 308 Å². The van der Waals surface area contributed by atoms with Crippen LogP contribution in [0.3, 0.4) is 0 Å². The van der Waals surface area contributed by atoms with Gasteiger partial charge in [0.2, 0.25) is 0 Å². The highest BCUT2D eigenvalue weighted by atomic mass is 32.2. The Labute approximate surface area is 494 Å². The number of hydrogen-bond donors (Lipinski definition) is 4. The van der Waals surface area contributed by atoms with E-state index < -0.39 is 24.4 Å². The maximum Gasteiger partial charge on any atom is 0.188 e. The molecule has 0 aromatic rings. The average molecular weight is 1140 g/mol. The molecule has 0 saturated heterocycles. The summed E-state index contributed by atoms with van der Waals surface area (Å²) in [7, 11) is 0. The lowest BCUT2D eigenvalue weighted by atomic mass is 10.0. The van der Waals surface area contributed by atoms with Gasteiger partial charge in [-0.15, -0.1) is 0 Å². The molecule has 0 amide bonds. The van der Waals surface area contributed by atoms with Gasteiger partial charge in [-0.25, -0.2) is 0 Å². The lowest BCUT2D eigenvalue weighted by Crippen LogP contribution is -2.38. The summed E-state index contributed by atoms with van der Waals surface area (Å²) < 4.78 is 0. The van der Waals surface area contributed by atoms with E-state index in [0.29, 0.717) is 52.1 Å². The zero-order valence-electron chi connectivity index (χ0n) is 52.6. The summed E-state index contributed by atoms with van der Waals surface area (Å²) >= 11 is 2.83. The molecule has 0 aliphatic heterocycles. The van der Waals surface area contributed by atoms with Gasteiger partial charge in [0, 0.05) is 50.5 Å². The Morgan fingerprint density at radius 3 is 0.679 bits per heavy atom. The van der Waals surface area contributed by atoms with Crippen LogP contribution in [-0.4, -0.2) is 116 Å². The number of hydrogen-bond acceptors (Lipinski definition) is 10. The van der Waals surface area contributed by atoms with E-state index in [1.54, 1.807) is 0 Å². The molecule has 0 heterocycles. The first-order valence-electron chi connectivity index (χ1n) is 34.6. The van der Waals surface area contributed by atoms with Gasteiger partial charge < -0.3 is 20.4 Å². The molecule has 466 valence electrons. The van der Waals surface area contributed by atoms with Crippen molar-refractivity contribution in [1.29, 1.82) is 0 Å². The van der Waals surface area contributed by atoms with Crippen LogP contribution in [0, 0.1) is 0 Å². The highest BCUT2D eigenvalue weighted by Crippen LogP contribution is 2.20. The first kappa shape index (κ1) is 77.8. The second-order valence-electron chi connectivity index (χ2n) is 24.4. The smallest absolute Gasteiger partial charge is 0.188 e. The molecule has 0 radical (unpaired) electrons. The van der Waals surface area contributed by atoms with E-state index in [2.05, 4.69) is 37.5 Å². The van der Waals surface area contributed by atoms with Crippen molar-refractivity contribution in [2.24, 2.45) is 0 Å². The van der Waals surface area contributed by atoms with E-state index in [9.17, 15) is 30.0 Å². The maximum atomic E-state index is 13.0. The highest BCUT2D eigenvalue weighted by Gasteiger charge is 2.19. The number of nitrogens with zero attached hydrogens (tertiary/aromatic N) is 2. The van der Waals surface area contributed by atoms with Crippen molar-refractivity contribution in [1.82, 2.24) is 9.80 Å². The summed E-state index contributed by atoms with van der Waals surface area (Å²) in [6, 6.07) is 0. The SMILES string of the molecule is CCCCCCCCCCCCC(O)CN(CCCC(=O)SCCCCSC(=O)CCCN(CC(O)CCCCCCCCCCCC)CC(O)CCCCCCCCCCCC)CC(O)CCCCCCCCCCCC. The summed E-state index contributed by atoms with van der Waals surface area (Å²) in [5, 5.41) is 44.7. The van der Waals surface area contributed by atoms with Gasteiger partial charge in [0.1, 0.15) is 0 Å². The fourth-order valence-corrected chi connectivity index (χ4v) is 12.9. The monoisotopic (exact) mass is 1140 g/mol. The zero-order valence-corrected chi connectivity index (χ0v) is 54.3. The first-order chi connectivity index (χ1) is 38.1. The van der Waals surface area contributed by atoms with Crippen molar-refractivity contribution >= 4 is 33.8 Å². The molecular formula is C68H136N2O6S2. The molecule has 8 nitrogen and oxygen atoms in total. The first-order valence-corrected chi connectivity index (χ1v) is 36.6. The second kappa shape index (κ2) is 62.8. The number of aliphatic hydroxyl groups excluding tert-OH is 4. The van der Waals surface area contributed by atoms with Crippen molar-refractivity contribution in [3.63, 3.8) is 0 Å². The summed E-state index contributed by atoms with van der Waals surface area (Å²) in [4.78, 5) is 30.4. The third-order valence-electron chi connectivity index (χ3n) is 16.2. The normalized spacial score (nSPS) is 13.5. The molecule has 78 heavy (non-hydrogen) atoms. The van der Waals surface area contributed by atoms with E-state index in [1.165, 1.54) is 255 Å². The van der Waals surface area contributed by atoms with Crippen molar-refractivity contribution in [2.45, 2.75) is 373 Å². The predicted molar refractivity (Wildman–Crippen MR) is 345 cm³/mol. The van der Waals surface area contributed by atoms with Crippen LogP contribution < -0.4 is 0 Å². The third-order valence-corrected chi connectivity index (χ3v) is 18.3. The summed E-state index contributed by atoms with van der Waals surface area (Å²) in [5.74, 6) is 1.54. The fourth-order valence-electron chi connectivity index (χ4n) is 11.2. The quantitative estimate of drug-likeness (QED) is 0.0438. The van der Waals surface area contributed by atoms with Gasteiger partial charge in [0.05, 0.1) is 24.4 Å². The molecule has 10 heteroatoms. The molecule has 0 spiro atoms. The van der Waals surface area contributed by atoms with E-state index in [0.717, 1.165) is 88.6 Å². The van der Waals surface area contributed by atoms with Crippen LogP contribution in [0.5, 0.6) is 0 Å². The molecular weight excluding hydrogens is 1000 g/mol. The minimum atomic E-state index is -0.404. The van der Waals surface area contributed by atoms with Crippen LogP contribution in [0.2, 0.25) is 0 Å². The predicted octanol–water partition coefficient (Wildman–Crippen LogP) is 19.1. The van der Waals surface area contributed by atoms with Crippen molar-refractivity contribution in [2.75, 3.05) is 50.8 Å². The Bertz CT molecular complexity index is 1060. The summed E-state index contributed by atoms with van der Waals surface area (Å²) in [5.41, 5.74) is 0. The van der Waals surface area contributed by atoms with E-state index >= 15 is 0 Å². The van der Waals surface area contributed by atoms with Gasteiger partial charge in [0.25, 0.3) is 0 Å². The molecule has 4 unspecified atom stereocenters. The molecule has 0 saturated carbocycles. The van der Waals surface area contributed by atoms with Crippen LogP contribution >= 0.6 is 23.5 Å². The maximum absolute atomic E-state index is 13.0. The molecule has 0 rings (SSSR count). The molecule has 4 atom stereocenters. The molecule has 0 aliphatic rings. The standard InChI is InChI=1S/C68H136N2O6S2/c1-5-9-13-17-21-25-29-33-37-41-49-63(71)59-69(60-64(72)50-42-38-34-30-26-22-18-14-10-6-2)55-47-53-67(75)77-57-45-46-58-78-68(76)54-48-56-70(61-65(73)51-43-39-35-31-27-23-19-15-11-7-3)62-66(74)52-44-40-36-32-28-24-20-16-12-8-4/h63-66,71-74H,5-62H2,1-4H3. The van der Waals surface area contributed by atoms with Gasteiger partial charge in [0.15, 0.2) is 10.2 Å². The van der Waals surface area contributed by atoms with Gasteiger partial charge in [-0.3, -0.25) is 19.4 Å². The highest BCUT2D eigenvalue weighted by molar-refractivity contribution is 8.13. The van der Waals surface area contributed by atoms with E-state index in [4.69, 9.17) is 0 Å². The van der Waals surface area contributed by atoms with Gasteiger partial charge >= 0.3 is 0 Å². The second-order valence-corrected chi connectivity index (χ2v) is 26.7. The Balaban J connectivity index is 4.74. The number of carbonyl (C=O) groups excluding carboxylic acids is 2. The Kier molecular flexibility index (Phi) is 62.7. The molecule has 0 aromatic heterocycles. The number of carbonyl (C=O) groups is 2. The number of thioether (sulfide) groups is 2. The molecule has 0 bridgehead atoms. The van der Waals surface area contributed by atoms with Gasteiger partial charge in [-0.05, 0) is 64.5 Å². The van der Waals surface area contributed by atoms with Crippen LogP contribution in [0.1, 0.15) is 349 Å². The van der Waals surface area contributed by atoms with Crippen molar-refractivity contribution in [3.8, 4) is 0 Å². The van der Waals surface area contributed by atoms with E-state index in [1.807, 2.05) is 0 Å². The summed E-state index contributed by atoms with van der Waals surface area (Å²) in [6.45, 7) is 12.8. The topological polar surface area (TPSA) is 122 Å².